The first-order chi connectivity index (χ1) is 14.1. The summed E-state index contributed by atoms with van der Waals surface area (Å²) in [4.78, 5) is 29.7. The van der Waals surface area contributed by atoms with Crippen LogP contribution in [0.2, 0.25) is 0 Å². The van der Waals surface area contributed by atoms with Gasteiger partial charge in [0.2, 0.25) is 5.82 Å². The highest BCUT2D eigenvalue weighted by Crippen LogP contribution is 2.26. The van der Waals surface area contributed by atoms with E-state index in [9.17, 15) is 4.79 Å². The number of nitrogens with zero attached hydrogens (tertiary/aromatic N) is 5. The predicted molar refractivity (Wildman–Crippen MR) is 103 cm³/mol. The van der Waals surface area contributed by atoms with E-state index in [-0.39, 0.29) is 12.4 Å². The number of hydrogen-bond acceptors (Lipinski definition) is 10. The maximum Gasteiger partial charge on any atom is 0.350 e. The van der Waals surface area contributed by atoms with Gasteiger partial charge in [-0.1, -0.05) is 5.16 Å². The Bertz CT molecular complexity index is 1130. The number of hydrogen-bond donors (Lipinski definition) is 0. The van der Waals surface area contributed by atoms with Crippen molar-refractivity contribution in [1.82, 2.24) is 25.1 Å². The molecule has 0 saturated carbocycles. The Kier molecular flexibility index (Phi) is 5.25. The normalized spacial score (nSPS) is 10.7. The van der Waals surface area contributed by atoms with Crippen LogP contribution in [0.25, 0.3) is 22.3 Å². The van der Waals surface area contributed by atoms with Crippen LogP contribution in [0.4, 0.5) is 0 Å². The van der Waals surface area contributed by atoms with Crippen molar-refractivity contribution in [2.45, 2.75) is 13.5 Å². The number of aryl methyl sites for hydroxylation is 1. The highest BCUT2D eigenvalue weighted by atomic mass is 32.1. The van der Waals surface area contributed by atoms with Gasteiger partial charge in [0, 0.05) is 18.0 Å². The Labute approximate surface area is 169 Å². The SMILES string of the molecule is COc1ccc(-c2nc(COC(=O)c3sc(-c4ncccn4)nc3C)no2)cc1. The number of aromatic nitrogens is 5. The van der Waals surface area contributed by atoms with Crippen LogP contribution in [0, 0.1) is 6.92 Å². The number of thiazole rings is 1. The second kappa shape index (κ2) is 8.15. The summed E-state index contributed by atoms with van der Waals surface area (Å²) >= 11 is 1.17. The topological polar surface area (TPSA) is 113 Å². The summed E-state index contributed by atoms with van der Waals surface area (Å²) in [5.74, 6) is 1.26. The van der Waals surface area contributed by atoms with E-state index in [2.05, 4.69) is 25.1 Å². The standard InChI is InChI=1S/C19H15N5O4S/c1-11-15(29-18(22-11)16-20-8-3-9-21-16)19(25)27-10-14-23-17(28-24-14)12-4-6-13(26-2)7-5-12/h3-9H,10H2,1-2H3. The fourth-order valence-electron chi connectivity index (χ4n) is 2.45. The summed E-state index contributed by atoms with van der Waals surface area (Å²) < 4.78 is 15.7. The zero-order valence-corrected chi connectivity index (χ0v) is 16.3. The van der Waals surface area contributed by atoms with Gasteiger partial charge in [0.1, 0.15) is 10.6 Å². The molecule has 29 heavy (non-hydrogen) atoms. The van der Waals surface area contributed by atoms with Crippen LogP contribution in [0.1, 0.15) is 21.2 Å². The smallest absolute Gasteiger partial charge is 0.350 e. The summed E-state index contributed by atoms with van der Waals surface area (Å²) in [6.07, 6.45) is 3.24. The van der Waals surface area contributed by atoms with Gasteiger partial charge in [-0.15, -0.1) is 11.3 Å². The Morgan fingerprint density at radius 1 is 1.14 bits per heavy atom. The minimum atomic E-state index is -0.516. The molecule has 0 aliphatic rings. The molecule has 3 aromatic heterocycles. The van der Waals surface area contributed by atoms with Gasteiger partial charge in [0.25, 0.3) is 5.89 Å². The number of benzene rings is 1. The van der Waals surface area contributed by atoms with E-state index in [1.807, 2.05) is 0 Å². The maximum absolute atomic E-state index is 12.4. The van der Waals surface area contributed by atoms with Crippen molar-refractivity contribution in [1.29, 1.82) is 0 Å². The molecule has 0 spiro atoms. The molecule has 4 aromatic rings. The van der Waals surface area contributed by atoms with Crippen LogP contribution in [0.3, 0.4) is 0 Å². The van der Waals surface area contributed by atoms with E-state index in [4.69, 9.17) is 14.0 Å². The Morgan fingerprint density at radius 3 is 2.62 bits per heavy atom. The highest BCUT2D eigenvalue weighted by molar-refractivity contribution is 7.16. The molecule has 9 nitrogen and oxygen atoms in total. The van der Waals surface area contributed by atoms with Crippen LogP contribution >= 0.6 is 11.3 Å². The van der Waals surface area contributed by atoms with Crippen molar-refractivity contribution in [3.63, 3.8) is 0 Å². The molecule has 0 bridgehead atoms. The van der Waals surface area contributed by atoms with Gasteiger partial charge >= 0.3 is 5.97 Å². The Hall–Kier alpha value is -3.66. The van der Waals surface area contributed by atoms with E-state index >= 15 is 0 Å². The molecular weight excluding hydrogens is 394 g/mol. The molecule has 0 atom stereocenters. The molecule has 0 aliphatic carbocycles. The van der Waals surface area contributed by atoms with E-state index in [0.29, 0.717) is 27.3 Å². The van der Waals surface area contributed by atoms with Gasteiger partial charge in [0.05, 0.1) is 12.8 Å². The lowest BCUT2D eigenvalue weighted by molar-refractivity contribution is 0.0464. The zero-order chi connectivity index (χ0) is 20.2. The minimum absolute atomic E-state index is 0.118. The third-order valence-corrected chi connectivity index (χ3v) is 5.01. The Balaban J connectivity index is 1.42. The zero-order valence-electron chi connectivity index (χ0n) is 15.5. The molecule has 0 unspecified atom stereocenters. The summed E-state index contributed by atoms with van der Waals surface area (Å²) in [6, 6.07) is 8.90. The average Bonchev–Trinajstić information content (AvgIpc) is 3.40. The molecular formula is C19H15N5O4S. The molecule has 0 fully saturated rings. The minimum Gasteiger partial charge on any atom is -0.497 e. The molecule has 146 valence electrons. The molecule has 0 aliphatic heterocycles. The van der Waals surface area contributed by atoms with Crippen molar-refractivity contribution in [2.75, 3.05) is 7.11 Å². The van der Waals surface area contributed by atoms with E-state index in [1.165, 1.54) is 11.3 Å². The van der Waals surface area contributed by atoms with Crippen molar-refractivity contribution < 1.29 is 18.8 Å². The number of esters is 1. The lowest BCUT2D eigenvalue weighted by Crippen LogP contribution is -2.05. The lowest BCUT2D eigenvalue weighted by Gasteiger charge is -2.00. The first-order valence-corrected chi connectivity index (χ1v) is 9.34. The van der Waals surface area contributed by atoms with Gasteiger partial charge in [-0.2, -0.15) is 4.98 Å². The van der Waals surface area contributed by atoms with Crippen LogP contribution < -0.4 is 4.74 Å². The van der Waals surface area contributed by atoms with Gasteiger partial charge in [-0.25, -0.2) is 19.7 Å². The van der Waals surface area contributed by atoms with Crippen LogP contribution in [0.15, 0.2) is 47.2 Å². The summed E-state index contributed by atoms with van der Waals surface area (Å²) in [6.45, 7) is 1.61. The van der Waals surface area contributed by atoms with Gasteiger partial charge in [0.15, 0.2) is 17.4 Å². The molecule has 0 N–H and O–H groups in total. The summed E-state index contributed by atoms with van der Waals surface area (Å²) in [5, 5.41) is 4.40. The lowest BCUT2D eigenvalue weighted by atomic mass is 10.2. The molecule has 0 saturated heterocycles. The maximum atomic E-state index is 12.4. The number of carbonyl (C=O) groups excluding carboxylic acids is 1. The molecule has 3 heterocycles. The van der Waals surface area contributed by atoms with E-state index in [1.54, 1.807) is 56.8 Å². The van der Waals surface area contributed by atoms with E-state index < -0.39 is 5.97 Å². The third-order valence-electron chi connectivity index (χ3n) is 3.88. The fourth-order valence-corrected chi connectivity index (χ4v) is 3.36. The van der Waals surface area contributed by atoms with Crippen molar-refractivity contribution in [3.8, 4) is 28.0 Å². The monoisotopic (exact) mass is 409 g/mol. The van der Waals surface area contributed by atoms with Crippen molar-refractivity contribution >= 4 is 17.3 Å². The van der Waals surface area contributed by atoms with Gasteiger partial charge in [-0.05, 0) is 37.3 Å². The number of methoxy groups -OCH3 is 1. The van der Waals surface area contributed by atoms with Crippen LogP contribution in [0.5, 0.6) is 5.75 Å². The van der Waals surface area contributed by atoms with E-state index in [0.717, 1.165) is 11.3 Å². The summed E-state index contributed by atoms with van der Waals surface area (Å²) in [5.41, 5.74) is 1.29. The largest absolute Gasteiger partial charge is 0.497 e. The Morgan fingerprint density at radius 2 is 1.90 bits per heavy atom. The molecule has 0 amide bonds. The third kappa shape index (κ3) is 4.11. The number of carbonyl (C=O) groups is 1. The number of rotatable bonds is 6. The highest BCUT2D eigenvalue weighted by Gasteiger charge is 2.20. The second-order valence-electron chi connectivity index (χ2n) is 5.83. The molecule has 1 aromatic carbocycles. The summed E-state index contributed by atoms with van der Waals surface area (Å²) in [7, 11) is 1.59. The van der Waals surface area contributed by atoms with Crippen molar-refractivity contribution in [3.05, 3.63) is 59.1 Å². The second-order valence-corrected chi connectivity index (χ2v) is 6.83. The quantitative estimate of drug-likeness (QED) is 0.442. The molecule has 0 radical (unpaired) electrons. The molecule has 10 heteroatoms. The predicted octanol–water partition coefficient (Wildman–Crippen LogP) is 3.32. The average molecular weight is 409 g/mol. The molecule has 4 rings (SSSR count). The van der Waals surface area contributed by atoms with Gasteiger partial charge in [-0.3, -0.25) is 0 Å². The van der Waals surface area contributed by atoms with Crippen molar-refractivity contribution in [2.24, 2.45) is 0 Å². The van der Waals surface area contributed by atoms with Crippen LogP contribution in [-0.2, 0) is 11.3 Å². The fraction of sp³-hybridized carbons (Fsp3) is 0.158. The number of ether oxygens (including phenoxy) is 2. The van der Waals surface area contributed by atoms with Crippen LogP contribution in [-0.4, -0.2) is 38.2 Å². The first-order valence-electron chi connectivity index (χ1n) is 8.53. The first kappa shape index (κ1) is 18.7. The van der Waals surface area contributed by atoms with Gasteiger partial charge < -0.3 is 14.0 Å².